The molecule has 0 aliphatic heterocycles. The number of nitrogens with one attached hydrogen (secondary N) is 1. The second-order valence-corrected chi connectivity index (χ2v) is 5.36. The summed E-state index contributed by atoms with van der Waals surface area (Å²) < 4.78 is 0. The molecule has 0 heterocycles. The van der Waals surface area contributed by atoms with Crippen LogP contribution in [0.15, 0.2) is 0 Å². The van der Waals surface area contributed by atoms with Crippen molar-refractivity contribution < 1.29 is 4.79 Å². The molecule has 2 nitrogen and oxygen atoms in total. The molecular formula is C12H20ClNO. The van der Waals surface area contributed by atoms with Gasteiger partial charge in [-0.3, -0.25) is 4.79 Å². The van der Waals surface area contributed by atoms with E-state index in [1.807, 2.05) is 0 Å². The average molecular weight is 230 g/mol. The van der Waals surface area contributed by atoms with Crippen LogP contribution in [-0.2, 0) is 4.79 Å². The summed E-state index contributed by atoms with van der Waals surface area (Å²) >= 11 is 5.78. The van der Waals surface area contributed by atoms with Crippen molar-refractivity contribution in [1.29, 1.82) is 0 Å². The predicted molar refractivity (Wildman–Crippen MR) is 61.9 cm³/mol. The van der Waals surface area contributed by atoms with E-state index >= 15 is 0 Å². The number of rotatable bonds is 4. The van der Waals surface area contributed by atoms with E-state index in [1.54, 1.807) is 0 Å². The van der Waals surface area contributed by atoms with Crippen molar-refractivity contribution in [3.8, 4) is 0 Å². The van der Waals surface area contributed by atoms with Crippen LogP contribution in [0.4, 0.5) is 0 Å². The van der Waals surface area contributed by atoms with Crippen molar-refractivity contribution >= 4 is 17.5 Å². The summed E-state index contributed by atoms with van der Waals surface area (Å²) in [4.78, 5) is 12.0. The number of fused-ring (bicyclic) bond motifs is 2. The summed E-state index contributed by atoms with van der Waals surface area (Å²) in [6, 6.07) is 0.165. The molecule has 86 valence electrons. The third-order valence-electron chi connectivity index (χ3n) is 4.10. The molecule has 4 unspecified atom stereocenters. The Morgan fingerprint density at radius 2 is 2.27 bits per heavy atom. The van der Waals surface area contributed by atoms with Gasteiger partial charge in [-0.25, -0.2) is 0 Å². The zero-order chi connectivity index (χ0) is 10.8. The van der Waals surface area contributed by atoms with E-state index in [0.29, 0.717) is 17.7 Å². The fourth-order valence-corrected chi connectivity index (χ4v) is 3.42. The zero-order valence-corrected chi connectivity index (χ0v) is 10.1. The zero-order valence-electron chi connectivity index (χ0n) is 9.34. The third-order valence-corrected chi connectivity index (χ3v) is 4.47. The first-order valence-electron chi connectivity index (χ1n) is 6.11. The molecule has 1 N–H and O–H groups in total. The van der Waals surface area contributed by atoms with Crippen LogP contribution in [0.2, 0.25) is 0 Å². The van der Waals surface area contributed by atoms with E-state index in [4.69, 9.17) is 11.6 Å². The Bertz CT molecular complexity index is 240. The van der Waals surface area contributed by atoms with Crippen molar-refractivity contribution in [3.63, 3.8) is 0 Å². The lowest BCUT2D eigenvalue weighted by Crippen LogP contribution is -2.41. The topological polar surface area (TPSA) is 29.1 Å². The second-order valence-electron chi connectivity index (χ2n) is 5.05. The lowest BCUT2D eigenvalue weighted by molar-refractivity contribution is -0.127. The molecule has 4 atom stereocenters. The van der Waals surface area contributed by atoms with Crippen molar-refractivity contribution in [1.82, 2.24) is 5.32 Å². The van der Waals surface area contributed by atoms with Crippen LogP contribution in [0, 0.1) is 17.8 Å². The molecule has 15 heavy (non-hydrogen) atoms. The molecular weight excluding hydrogens is 210 g/mol. The number of carbonyl (C=O) groups is 1. The molecule has 2 aliphatic rings. The molecule has 0 radical (unpaired) electrons. The number of hydrogen-bond donors (Lipinski definition) is 1. The quantitative estimate of drug-likeness (QED) is 0.738. The Morgan fingerprint density at radius 3 is 2.73 bits per heavy atom. The van der Waals surface area contributed by atoms with Crippen LogP contribution >= 0.6 is 11.6 Å². The highest BCUT2D eigenvalue weighted by atomic mass is 35.5. The maximum atomic E-state index is 12.0. The number of alkyl halides is 1. The van der Waals surface area contributed by atoms with E-state index in [2.05, 4.69) is 12.2 Å². The predicted octanol–water partition coefficient (Wildman–Crippen LogP) is 2.56. The normalized spacial score (nSPS) is 35.5. The van der Waals surface area contributed by atoms with Gasteiger partial charge in [0.1, 0.15) is 0 Å². The smallest absolute Gasteiger partial charge is 0.223 e. The Morgan fingerprint density at radius 1 is 1.47 bits per heavy atom. The van der Waals surface area contributed by atoms with Gasteiger partial charge >= 0.3 is 0 Å². The largest absolute Gasteiger partial charge is 0.352 e. The Kier molecular flexibility index (Phi) is 3.55. The first-order valence-corrected chi connectivity index (χ1v) is 6.64. The molecule has 1 amide bonds. The molecule has 0 aromatic carbocycles. The molecule has 2 saturated carbocycles. The van der Waals surface area contributed by atoms with Gasteiger partial charge in [-0.05, 0) is 37.5 Å². The maximum Gasteiger partial charge on any atom is 0.223 e. The van der Waals surface area contributed by atoms with Crippen LogP contribution in [0.3, 0.4) is 0 Å². The summed E-state index contributed by atoms with van der Waals surface area (Å²) in [7, 11) is 0. The van der Waals surface area contributed by atoms with Crippen molar-refractivity contribution in [2.45, 2.75) is 45.1 Å². The first-order chi connectivity index (χ1) is 7.24. The van der Waals surface area contributed by atoms with Crippen LogP contribution in [0.1, 0.15) is 39.0 Å². The lowest BCUT2D eigenvalue weighted by atomic mass is 9.88. The lowest BCUT2D eigenvalue weighted by Gasteiger charge is -2.23. The number of carbonyl (C=O) groups excluding carboxylic acids is 1. The molecule has 0 saturated heterocycles. The summed E-state index contributed by atoms with van der Waals surface area (Å²) in [6.07, 6.45) is 5.95. The minimum Gasteiger partial charge on any atom is -0.352 e. The first kappa shape index (κ1) is 11.3. The highest BCUT2D eigenvalue weighted by Crippen LogP contribution is 2.48. The fourth-order valence-electron chi connectivity index (χ4n) is 3.12. The maximum absolute atomic E-state index is 12.0. The monoisotopic (exact) mass is 229 g/mol. The number of amides is 1. The fraction of sp³-hybridized carbons (Fsp3) is 0.917. The highest BCUT2D eigenvalue weighted by molar-refractivity contribution is 6.18. The Balaban J connectivity index is 1.86. The van der Waals surface area contributed by atoms with E-state index < -0.39 is 0 Å². The van der Waals surface area contributed by atoms with Crippen LogP contribution in [0.25, 0.3) is 0 Å². The Labute approximate surface area is 96.8 Å². The SMILES string of the molecule is CCC(CCl)NC(=O)C1CC2CCC1C2. The van der Waals surface area contributed by atoms with E-state index in [1.165, 1.54) is 19.3 Å². The van der Waals surface area contributed by atoms with Crippen LogP contribution in [-0.4, -0.2) is 17.8 Å². The van der Waals surface area contributed by atoms with E-state index in [-0.39, 0.29) is 11.9 Å². The van der Waals surface area contributed by atoms with Gasteiger partial charge in [0.25, 0.3) is 0 Å². The number of hydrogen-bond acceptors (Lipinski definition) is 1. The van der Waals surface area contributed by atoms with Gasteiger partial charge in [0.15, 0.2) is 0 Å². The summed E-state index contributed by atoms with van der Waals surface area (Å²) in [5, 5.41) is 3.07. The molecule has 0 aromatic heterocycles. The molecule has 0 aromatic rings. The van der Waals surface area contributed by atoms with Gasteiger partial charge in [0, 0.05) is 17.8 Å². The third kappa shape index (κ3) is 2.30. The average Bonchev–Trinajstić information content (AvgIpc) is 2.87. The standard InChI is InChI=1S/C12H20ClNO/c1-2-10(7-13)14-12(15)11-6-8-3-4-9(11)5-8/h8-11H,2-7H2,1H3,(H,14,15). The molecule has 2 fully saturated rings. The van der Waals surface area contributed by atoms with Gasteiger partial charge in [0.2, 0.25) is 5.91 Å². The van der Waals surface area contributed by atoms with E-state index in [9.17, 15) is 4.79 Å². The van der Waals surface area contributed by atoms with Crippen molar-refractivity contribution in [2.75, 3.05) is 5.88 Å². The minimum absolute atomic E-state index is 0.165. The van der Waals surface area contributed by atoms with Gasteiger partial charge in [-0.2, -0.15) is 0 Å². The van der Waals surface area contributed by atoms with Gasteiger partial charge in [0.05, 0.1) is 0 Å². The summed E-state index contributed by atoms with van der Waals surface area (Å²) in [5.41, 5.74) is 0. The molecule has 0 spiro atoms. The van der Waals surface area contributed by atoms with Gasteiger partial charge in [-0.1, -0.05) is 13.3 Å². The summed E-state index contributed by atoms with van der Waals surface area (Å²) in [5.74, 6) is 2.59. The second kappa shape index (κ2) is 4.73. The van der Waals surface area contributed by atoms with E-state index in [0.717, 1.165) is 18.8 Å². The molecule has 2 aliphatic carbocycles. The van der Waals surface area contributed by atoms with Gasteiger partial charge in [-0.15, -0.1) is 11.6 Å². The molecule has 2 rings (SSSR count). The number of halogens is 1. The Hall–Kier alpha value is -0.240. The van der Waals surface area contributed by atoms with Gasteiger partial charge < -0.3 is 5.32 Å². The van der Waals surface area contributed by atoms with Crippen molar-refractivity contribution in [3.05, 3.63) is 0 Å². The van der Waals surface area contributed by atoms with Crippen LogP contribution < -0.4 is 5.32 Å². The highest BCUT2D eigenvalue weighted by Gasteiger charge is 2.43. The molecule has 2 bridgehead atoms. The molecule has 3 heteroatoms. The van der Waals surface area contributed by atoms with Crippen molar-refractivity contribution in [2.24, 2.45) is 17.8 Å². The van der Waals surface area contributed by atoms with Crippen LogP contribution in [0.5, 0.6) is 0 Å². The summed E-state index contributed by atoms with van der Waals surface area (Å²) in [6.45, 7) is 2.06. The minimum atomic E-state index is 0.165.